The van der Waals surface area contributed by atoms with Gasteiger partial charge in [0.1, 0.15) is 5.60 Å². The van der Waals surface area contributed by atoms with Crippen LogP contribution in [-0.2, 0) is 14.2 Å². The van der Waals surface area contributed by atoms with Gasteiger partial charge in [0, 0.05) is 42.7 Å². The number of hydrogen-bond acceptors (Lipinski definition) is 7. The maximum absolute atomic E-state index is 12.0. The average molecular weight is 625 g/mol. The third-order valence-corrected chi connectivity index (χ3v) is 12.3. The third kappa shape index (κ3) is 7.60. The lowest BCUT2D eigenvalue weighted by atomic mass is 9.60. The maximum atomic E-state index is 12.0. The van der Waals surface area contributed by atoms with E-state index in [1.54, 1.807) is 5.57 Å². The van der Waals surface area contributed by atoms with Crippen molar-refractivity contribution in [3.8, 4) is 0 Å². The van der Waals surface area contributed by atoms with Gasteiger partial charge in [-0.3, -0.25) is 0 Å². The summed E-state index contributed by atoms with van der Waals surface area (Å²) in [4.78, 5) is 2.62. The van der Waals surface area contributed by atoms with Gasteiger partial charge < -0.3 is 34.6 Å². The van der Waals surface area contributed by atoms with Gasteiger partial charge in [-0.2, -0.15) is 0 Å². The minimum Gasteiger partial charge on any atom is -0.389 e. The van der Waals surface area contributed by atoms with E-state index < -0.39 is 17.5 Å². The van der Waals surface area contributed by atoms with Crippen molar-refractivity contribution in [3.63, 3.8) is 0 Å². The Labute approximate surface area is 266 Å². The zero-order valence-electron chi connectivity index (χ0n) is 27.7. The standard InChI is InChI=1S/C35H61ClN2O5/c1-6-41-32(39)34(4,5)43-26-15-16-31-29(21-26)27(28-9-7-18-37-30(28)22-42-31)10-8-19-38-20-17-35(40,33(2,3)23-38)24-11-13-25(36)14-12-24/h24-27,29,31-32,37,39-40H,6-23H2,1-5H3/t24?,25?,26?,27?,29?,31-,32+,35?/m1/s1. The Balaban J connectivity index is 1.23. The van der Waals surface area contributed by atoms with Crippen LogP contribution in [0.3, 0.4) is 0 Å². The molecule has 0 bridgehead atoms. The minimum atomic E-state index is -0.935. The number of allylic oxidation sites excluding steroid dienone is 1. The number of fused-ring (bicyclic) bond motifs is 1. The summed E-state index contributed by atoms with van der Waals surface area (Å²) >= 11 is 6.41. The van der Waals surface area contributed by atoms with Gasteiger partial charge in [-0.1, -0.05) is 13.8 Å². The molecule has 0 aromatic carbocycles. The van der Waals surface area contributed by atoms with Crippen molar-refractivity contribution in [3.05, 3.63) is 11.3 Å². The summed E-state index contributed by atoms with van der Waals surface area (Å²) in [6, 6.07) is 0. The molecule has 7 nitrogen and oxygen atoms in total. The van der Waals surface area contributed by atoms with Crippen LogP contribution in [0.1, 0.15) is 112 Å². The number of alkyl halides is 1. The first-order valence-corrected chi connectivity index (χ1v) is 18.0. The molecule has 6 atom stereocenters. The molecule has 2 saturated carbocycles. The van der Waals surface area contributed by atoms with E-state index in [4.69, 9.17) is 25.8 Å². The smallest absolute Gasteiger partial charge is 0.183 e. The molecule has 3 fully saturated rings. The van der Waals surface area contributed by atoms with E-state index in [0.29, 0.717) is 31.0 Å². The van der Waals surface area contributed by atoms with Crippen LogP contribution in [0.4, 0.5) is 0 Å². The van der Waals surface area contributed by atoms with Crippen LogP contribution in [0.2, 0.25) is 0 Å². The number of rotatable bonds is 10. The number of halogens is 1. The molecule has 3 N–H and O–H groups in total. The van der Waals surface area contributed by atoms with Crippen molar-refractivity contribution >= 4 is 11.6 Å². The van der Waals surface area contributed by atoms with Crippen molar-refractivity contribution in [1.82, 2.24) is 10.2 Å². The molecular weight excluding hydrogens is 564 g/mol. The lowest BCUT2D eigenvalue weighted by Gasteiger charge is -2.55. The molecule has 43 heavy (non-hydrogen) atoms. The van der Waals surface area contributed by atoms with Crippen molar-refractivity contribution in [2.75, 3.05) is 39.4 Å². The topological polar surface area (TPSA) is 83.4 Å². The fourth-order valence-corrected chi connectivity index (χ4v) is 9.60. The highest BCUT2D eigenvalue weighted by Gasteiger charge is 2.52. The summed E-state index contributed by atoms with van der Waals surface area (Å²) in [5, 5.41) is 26.5. The second-order valence-electron chi connectivity index (χ2n) is 15.5. The Morgan fingerprint density at radius 3 is 2.65 bits per heavy atom. The lowest BCUT2D eigenvalue weighted by Crippen LogP contribution is -2.61. The molecule has 3 aliphatic heterocycles. The molecular formula is C35H61ClN2O5. The average Bonchev–Trinajstić information content (AvgIpc) is 3.12. The number of nitrogens with zero attached hydrogens (tertiary/aromatic N) is 1. The summed E-state index contributed by atoms with van der Waals surface area (Å²) in [6.45, 7) is 15.6. The molecule has 0 radical (unpaired) electrons. The number of hydrogen-bond donors (Lipinski definition) is 3. The summed E-state index contributed by atoms with van der Waals surface area (Å²) in [6.07, 6.45) is 12.0. The van der Waals surface area contributed by atoms with Gasteiger partial charge in [0.2, 0.25) is 0 Å². The molecule has 0 aromatic heterocycles. The number of aliphatic hydroxyl groups excluding tert-OH is 1. The first-order chi connectivity index (χ1) is 20.4. The normalized spacial score (nSPS) is 38.0. The zero-order chi connectivity index (χ0) is 30.8. The van der Waals surface area contributed by atoms with E-state index in [1.807, 2.05) is 20.8 Å². The highest BCUT2D eigenvalue weighted by Crippen LogP contribution is 2.49. The third-order valence-electron chi connectivity index (χ3n) is 11.9. The highest BCUT2D eigenvalue weighted by atomic mass is 35.5. The highest BCUT2D eigenvalue weighted by molar-refractivity contribution is 6.20. The van der Waals surface area contributed by atoms with Gasteiger partial charge >= 0.3 is 0 Å². The largest absolute Gasteiger partial charge is 0.389 e. The van der Waals surface area contributed by atoms with Crippen LogP contribution in [0, 0.1) is 23.2 Å². The Morgan fingerprint density at radius 1 is 1.16 bits per heavy atom. The molecule has 0 spiro atoms. The van der Waals surface area contributed by atoms with Crippen molar-refractivity contribution < 1.29 is 24.4 Å². The fourth-order valence-electron chi connectivity index (χ4n) is 9.35. The Morgan fingerprint density at radius 2 is 1.93 bits per heavy atom. The molecule has 0 aromatic rings. The number of ether oxygens (including phenoxy) is 3. The predicted molar refractivity (Wildman–Crippen MR) is 172 cm³/mol. The van der Waals surface area contributed by atoms with E-state index in [9.17, 15) is 10.2 Å². The first-order valence-electron chi connectivity index (χ1n) is 17.6. The van der Waals surface area contributed by atoms with Crippen LogP contribution in [0.25, 0.3) is 0 Å². The van der Waals surface area contributed by atoms with Crippen LogP contribution in [0.15, 0.2) is 11.3 Å². The Hall–Kier alpha value is -0.410. The van der Waals surface area contributed by atoms with E-state index in [2.05, 4.69) is 24.1 Å². The molecule has 248 valence electrons. The van der Waals surface area contributed by atoms with Crippen molar-refractivity contribution in [2.45, 2.75) is 147 Å². The van der Waals surface area contributed by atoms with Gasteiger partial charge in [-0.25, -0.2) is 0 Å². The minimum absolute atomic E-state index is 0.0885. The predicted octanol–water partition coefficient (Wildman–Crippen LogP) is 6.00. The fraction of sp³-hybridized carbons (Fsp3) is 0.943. The quantitative estimate of drug-likeness (QED) is 0.203. The van der Waals surface area contributed by atoms with Crippen LogP contribution < -0.4 is 5.32 Å². The summed E-state index contributed by atoms with van der Waals surface area (Å²) in [7, 11) is 0. The van der Waals surface area contributed by atoms with E-state index in [0.717, 1.165) is 96.8 Å². The van der Waals surface area contributed by atoms with Crippen LogP contribution in [-0.4, -0.2) is 89.6 Å². The second kappa shape index (κ2) is 14.1. The van der Waals surface area contributed by atoms with Gasteiger partial charge in [-0.15, -0.1) is 11.6 Å². The lowest BCUT2D eigenvalue weighted by molar-refractivity contribution is -0.240. The molecule has 5 rings (SSSR count). The van der Waals surface area contributed by atoms with Crippen LogP contribution in [0.5, 0.6) is 0 Å². The summed E-state index contributed by atoms with van der Waals surface area (Å²) in [5.41, 5.74) is 1.45. The monoisotopic (exact) mass is 624 g/mol. The first kappa shape index (κ1) is 33.9. The summed E-state index contributed by atoms with van der Waals surface area (Å²) < 4.78 is 18.7. The van der Waals surface area contributed by atoms with Gasteiger partial charge in [0.05, 0.1) is 24.4 Å². The molecule has 5 aliphatic rings. The number of piperidine rings is 1. The summed E-state index contributed by atoms with van der Waals surface area (Å²) in [5.74, 6) is 1.28. The number of likely N-dealkylation sites (tertiary alicyclic amines) is 1. The number of aliphatic hydroxyl groups is 2. The molecule has 1 saturated heterocycles. The second-order valence-corrected chi connectivity index (χ2v) is 16.2. The number of nitrogens with one attached hydrogen (secondary N) is 1. The van der Waals surface area contributed by atoms with E-state index in [1.165, 1.54) is 12.1 Å². The van der Waals surface area contributed by atoms with Crippen molar-refractivity contribution in [1.29, 1.82) is 0 Å². The molecule has 4 unspecified atom stereocenters. The molecule has 0 amide bonds. The molecule has 3 heterocycles. The Bertz CT molecular complexity index is 951. The SMILES string of the molecule is CCO[C@H](O)C(C)(C)OC1CC[C@H]2OCC3=C(CCCN3)C(CCCN3CCC(O)(C4CCC(Cl)CC4)C(C)(C)C3)C2C1. The van der Waals surface area contributed by atoms with E-state index in [-0.39, 0.29) is 23.0 Å². The molecule has 8 heteroatoms. The van der Waals surface area contributed by atoms with E-state index >= 15 is 0 Å². The van der Waals surface area contributed by atoms with Gasteiger partial charge in [0.15, 0.2) is 6.29 Å². The van der Waals surface area contributed by atoms with Crippen LogP contribution >= 0.6 is 11.6 Å². The molecule has 2 aliphatic carbocycles. The van der Waals surface area contributed by atoms with Gasteiger partial charge in [-0.05, 0) is 128 Å². The maximum Gasteiger partial charge on any atom is 0.183 e. The van der Waals surface area contributed by atoms with Crippen molar-refractivity contribution in [2.24, 2.45) is 23.2 Å². The zero-order valence-corrected chi connectivity index (χ0v) is 28.5. The Kier molecular flexibility index (Phi) is 11.2. The van der Waals surface area contributed by atoms with Gasteiger partial charge in [0.25, 0.3) is 0 Å².